The first-order valence-corrected chi connectivity index (χ1v) is 3.79. The minimum Gasteiger partial charge on any atom is -0.495 e. The monoisotopic (exact) mass is 165 g/mol. The lowest BCUT2D eigenvalue weighted by atomic mass is 10.2. The van der Waals surface area contributed by atoms with Crippen LogP contribution in [0.1, 0.15) is 12.1 Å². The summed E-state index contributed by atoms with van der Waals surface area (Å²) in [6, 6.07) is 3.70. The number of hydrogen-bond donors (Lipinski definition) is 0. The van der Waals surface area contributed by atoms with Crippen molar-refractivity contribution in [3.8, 4) is 5.75 Å². The molecule has 3 nitrogen and oxygen atoms in total. The summed E-state index contributed by atoms with van der Waals surface area (Å²) >= 11 is 0. The minimum absolute atomic E-state index is 0.527. The van der Waals surface area contributed by atoms with E-state index in [0.717, 1.165) is 17.7 Å². The molecule has 64 valence electrons. The second-order valence-corrected chi connectivity index (χ2v) is 2.39. The molecule has 0 aliphatic rings. The van der Waals surface area contributed by atoms with Gasteiger partial charge in [0.1, 0.15) is 12.0 Å². The topological polar surface area (TPSA) is 39.2 Å². The molecule has 0 spiro atoms. The molecule has 0 N–H and O–H groups in total. The van der Waals surface area contributed by atoms with Gasteiger partial charge in [0.25, 0.3) is 0 Å². The maximum Gasteiger partial charge on any atom is 0.137 e. The molecule has 1 heterocycles. The van der Waals surface area contributed by atoms with E-state index in [1.807, 2.05) is 12.1 Å². The molecule has 0 saturated heterocycles. The normalized spacial score (nSPS) is 9.42. The average molecular weight is 165 g/mol. The number of rotatable bonds is 4. The van der Waals surface area contributed by atoms with Gasteiger partial charge in [-0.05, 0) is 18.6 Å². The van der Waals surface area contributed by atoms with Gasteiger partial charge in [0.05, 0.1) is 13.3 Å². The summed E-state index contributed by atoms with van der Waals surface area (Å²) in [6.45, 7) is 0. The van der Waals surface area contributed by atoms with E-state index in [9.17, 15) is 4.79 Å². The number of pyridine rings is 1. The predicted molar refractivity (Wildman–Crippen MR) is 45.2 cm³/mol. The van der Waals surface area contributed by atoms with Crippen molar-refractivity contribution < 1.29 is 9.53 Å². The summed E-state index contributed by atoms with van der Waals surface area (Å²) in [5.74, 6) is 0.741. The molecule has 3 heteroatoms. The second-order valence-electron chi connectivity index (χ2n) is 2.39. The predicted octanol–water partition coefficient (Wildman–Crippen LogP) is 1.22. The molecule has 0 radical (unpaired) electrons. The Bertz CT molecular complexity index is 243. The van der Waals surface area contributed by atoms with Gasteiger partial charge in [-0.1, -0.05) is 0 Å². The number of aldehydes is 1. The van der Waals surface area contributed by atoms with Crippen LogP contribution < -0.4 is 4.74 Å². The highest BCUT2D eigenvalue weighted by molar-refractivity contribution is 5.49. The Kier molecular flexibility index (Phi) is 3.26. The molecule has 0 atom stereocenters. The summed E-state index contributed by atoms with van der Waals surface area (Å²) < 4.78 is 4.94. The Morgan fingerprint density at radius 3 is 2.92 bits per heavy atom. The van der Waals surface area contributed by atoms with E-state index in [2.05, 4.69) is 4.98 Å². The van der Waals surface area contributed by atoms with Gasteiger partial charge in [-0.3, -0.25) is 4.98 Å². The third-order valence-corrected chi connectivity index (χ3v) is 1.55. The summed E-state index contributed by atoms with van der Waals surface area (Å²) in [5, 5.41) is 0. The van der Waals surface area contributed by atoms with Crippen molar-refractivity contribution in [3.63, 3.8) is 0 Å². The Morgan fingerprint density at radius 2 is 2.42 bits per heavy atom. The maximum atomic E-state index is 10.0. The molecule has 1 rings (SSSR count). The largest absolute Gasteiger partial charge is 0.495 e. The maximum absolute atomic E-state index is 10.0. The number of nitrogens with zero attached hydrogens (tertiary/aromatic N) is 1. The first-order chi connectivity index (χ1) is 5.86. The van der Waals surface area contributed by atoms with E-state index in [0.29, 0.717) is 12.8 Å². The number of carbonyl (C=O) groups excluding carboxylic acids is 1. The zero-order valence-electron chi connectivity index (χ0n) is 6.99. The fraction of sp³-hybridized carbons (Fsp3) is 0.333. The quantitative estimate of drug-likeness (QED) is 0.630. The van der Waals surface area contributed by atoms with Gasteiger partial charge in [0.15, 0.2) is 0 Å². The number of carbonyl (C=O) groups is 1. The van der Waals surface area contributed by atoms with Crippen molar-refractivity contribution in [2.75, 3.05) is 7.11 Å². The number of ether oxygens (including phenoxy) is 1. The highest BCUT2D eigenvalue weighted by atomic mass is 16.5. The van der Waals surface area contributed by atoms with E-state index in [1.54, 1.807) is 13.3 Å². The Morgan fingerprint density at radius 1 is 1.58 bits per heavy atom. The highest BCUT2D eigenvalue weighted by Crippen LogP contribution is 2.08. The average Bonchev–Trinajstić information content (AvgIpc) is 2.15. The smallest absolute Gasteiger partial charge is 0.137 e. The van der Waals surface area contributed by atoms with E-state index in [4.69, 9.17) is 4.74 Å². The molecule has 0 saturated carbocycles. The van der Waals surface area contributed by atoms with Gasteiger partial charge in [-0.2, -0.15) is 0 Å². The second kappa shape index (κ2) is 4.49. The lowest BCUT2D eigenvalue weighted by Crippen LogP contribution is -1.91. The van der Waals surface area contributed by atoms with Crippen molar-refractivity contribution in [1.29, 1.82) is 0 Å². The molecule has 0 aromatic carbocycles. The summed E-state index contributed by atoms with van der Waals surface area (Å²) in [6.07, 6.45) is 3.78. The van der Waals surface area contributed by atoms with Crippen LogP contribution in [0.25, 0.3) is 0 Å². The molecule has 1 aromatic heterocycles. The van der Waals surface area contributed by atoms with Crippen molar-refractivity contribution in [2.45, 2.75) is 12.8 Å². The van der Waals surface area contributed by atoms with Crippen LogP contribution in [-0.2, 0) is 11.2 Å². The molecule has 0 aliphatic heterocycles. The van der Waals surface area contributed by atoms with Crippen LogP contribution in [0, 0.1) is 0 Å². The minimum atomic E-state index is 0.527. The fourth-order valence-electron chi connectivity index (χ4n) is 0.886. The standard InChI is InChI=1S/C9H11NO2/c1-12-9-5-4-8(10-7-9)3-2-6-11/h4-7H,2-3H2,1H3. The van der Waals surface area contributed by atoms with Crippen LogP contribution in [0.3, 0.4) is 0 Å². The first kappa shape index (κ1) is 8.71. The van der Waals surface area contributed by atoms with E-state index in [1.165, 1.54) is 0 Å². The van der Waals surface area contributed by atoms with Gasteiger partial charge < -0.3 is 9.53 Å². The third kappa shape index (κ3) is 2.34. The van der Waals surface area contributed by atoms with Gasteiger partial charge in [0, 0.05) is 12.1 Å². The van der Waals surface area contributed by atoms with E-state index >= 15 is 0 Å². The molecule has 0 unspecified atom stereocenters. The van der Waals surface area contributed by atoms with Gasteiger partial charge in [-0.25, -0.2) is 0 Å². The summed E-state index contributed by atoms with van der Waals surface area (Å²) in [7, 11) is 1.60. The first-order valence-electron chi connectivity index (χ1n) is 3.79. The summed E-state index contributed by atoms with van der Waals surface area (Å²) in [4.78, 5) is 14.2. The number of aryl methyl sites for hydroxylation is 1. The third-order valence-electron chi connectivity index (χ3n) is 1.55. The van der Waals surface area contributed by atoms with Crippen LogP contribution in [0.4, 0.5) is 0 Å². The summed E-state index contributed by atoms with van der Waals surface area (Å²) in [5.41, 5.74) is 0.919. The Balaban J connectivity index is 2.58. The van der Waals surface area contributed by atoms with E-state index in [-0.39, 0.29) is 0 Å². The van der Waals surface area contributed by atoms with Crippen molar-refractivity contribution in [1.82, 2.24) is 4.98 Å². The van der Waals surface area contributed by atoms with Crippen molar-refractivity contribution in [3.05, 3.63) is 24.0 Å². The molecule has 0 fully saturated rings. The number of methoxy groups -OCH3 is 1. The number of aromatic nitrogens is 1. The van der Waals surface area contributed by atoms with Crippen LogP contribution in [0.2, 0.25) is 0 Å². The van der Waals surface area contributed by atoms with Gasteiger partial charge >= 0.3 is 0 Å². The molecule has 12 heavy (non-hydrogen) atoms. The molecule has 0 aliphatic carbocycles. The molecule has 0 bridgehead atoms. The van der Waals surface area contributed by atoms with Crippen molar-refractivity contribution in [2.24, 2.45) is 0 Å². The zero-order chi connectivity index (χ0) is 8.81. The van der Waals surface area contributed by atoms with Crippen LogP contribution in [0.5, 0.6) is 5.75 Å². The van der Waals surface area contributed by atoms with Crippen LogP contribution in [-0.4, -0.2) is 18.4 Å². The van der Waals surface area contributed by atoms with Gasteiger partial charge in [0.2, 0.25) is 0 Å². The lowest BCUT2D eigenvalue weighted by molar-refractivity contribution is -0.107. The zero-order valence-corrected chi connectivity index (χ0v) is 6.99. The highest BCUT2D eigenvalue weighted by Gasteiger charge is 1.94. The molecular weight excluding hydrogens is 154 g/mol. The Labute approximate surface area is 71.4 Å². The fourth-order valence-corrected chi connectivity index (χ4v) is 0.886. The lowest BCUT2D eigenvalue weighted by Gasteiger charge is -1.99. The van der Waals surface area contributed by atoms with Gasteiger partial charge in [-0.15, -0.1) is 0 Å². The van der Waals surface area contributed by atoms with E-state index < -0.39 is 0 Å². The van der Waals surface area contributed by atoms with Crippen LogP contribution in [0.15, 0.2) is 18.3 Å². The Hall–Kier alpha value is -1.38. The molecule has 1 aromatic rings. The van der Waals surface area contributed by atoms with Crippen molar-refractivity contribution >= 4 is 6.29 Å². The molecule has 0 amide bonds. The molecular formula is C9H11NO2. The SMILES string of the molecule is COc1ccc(CCC=O)nc1. The number of hydrogen-bond acceptors (Lipinski definition) is 3. The van der Waals surface area contributed by atoms with Crippen LogP contribution >= 0.6 is 0 Å².